The molecule has 0 saturated heterocycles. The third kappa shape index (κ3) is 3.60. The SMILES string of the molecule is COc1ccccc1C1CC1C(=O)NC(CCO)c1ccccc1. The quantitative estimate of drug-likeness (QED) is 0.822. The molecule has 1 aliphatic carbocycles. The Bertz CT molecular complexity index is 686. The summed E-state index contributed by atoms with van der Waals surface area (Å²) in [6.45, 7) is 0.0421. The Balaban J connectivity index is 1.67. The van der Waals surface area contributed by atoms with Crippen LogP contribution in [0.4, 0.5) is 0 Å². The molecule has 0 radical (unpaired) electrons. The predicted octanol–water partition coefficient (Wildman–Crippen LogP) is 3.04. The molecule has 0 heterocycles. The van der Waals surface area contributed by atoms with Crippen molar-refractivity contribution >= 4 is 5.91 Å². The normalized spacial score (nSPS) is 20.2. The van der Waals surface area contributed by atoms with Crippen LogP contribution < -0.4 is 10.1 Å². The second-order valence-corrected chi connectivity index (χ2v) is 6.17. The molecular formula is C20H23NO3. The first kappa shape index (κ1) is 16.5. The summed E-state index contributed by atoms with van der Waals surface area (Å²) in [4.78, 5) is 12.6. The van der Waals surface area contributed by atoms with Gasteiger partial charge in [0.1, 0.15) is 5.75 Å². The molecule has 0 aromatic heterocycles. The number of benzene rings is 2. The Morgan fingerprint density at radius 2 is 1.92 bits per heavy atom. The monoisotopic (exact) mass is 325 g/mol. The van der Waals surface area contributed by atoms with Gasteiger partial charge in [0.15, 0.2) is 0 Å². The van der Waals surface area contributed by atoms with Gasteiger partial charge < -0.3 is 15.2 Å². The minimum atomic E-state index is -0.150. The third-order valence-electron chi connectivity index (χ3n) is 4.60. The third-order valence-corrected chi connectivity index (χ3v) is 4.60. The number of carbonyl (C=O) groups is 1. The molecule has 1 amide bonds. The van der Waals surface area contributed by atoms with Gasteiger partial charge in [-0.25, -0.2) is 0 Å². The van der Waals surface area contributed by atoms with E-state index in [4.69, 9.17) is 4.74 Å². The first-order chi connectivity index (χ1) is 11.7. The highest BCUT2D eigenvalue weighted by atomic mass is 16.5. The number of carbonyl (C=O) groups excluding carboxylic acids is 1. The van der Waals surface area contributed by atoms with Crippen LogP contribution in [-0.2, 0) is 4.79 Å². The summed E-state index contributed by atoms with van der Waals surface area (Å²) in [7, 11) is 1.66. The van der Waals surface area contributed by atoms with Gasteiger partial charge in [0.05, 0.1) is 13.2 Å². The number of aliphatic hydroxyl groups excluding tert-OH is 1. The van der Waals surface area contributed by atoms with Crippen molar-refractivity contribution in [3.8, 4) is 5.75 Å². The maximum absolute atomic E-state index is 12.6. The number of nitrogens with one attached hydrogen (secondary N) is 1. The van der Waals surface area contributed by atoms with Crippen molar-refractivity contribution in [2.45, 2.75) is 24.8 Å². The Morgan fingerprint density at radius 1 is 1.21 bits per heavy atom. The van der Waals surface area contributed by atoms with Crippen LogP contribution >= 0.6 is 0 Å². The molecule has 2 N–H and O–H groups in total. The zero-order valence-electron chi connectivity index (χ0n) is 13.8. The van der Waals surface area contributed by atoms with Crippen LogP contribution in [-0.4, -0.2) is 24.7 Å². The Kier molecular flexibility index (Phi) is 5.16. The fraction of sp³-hybridized carbons (Fsp3) is 0.350. The number of ether oxygens (including phenoxy) is 1. The first-order valence-electron chi connectivity index (χ1n) is 8.33. The smallest absolute Gasteiger partial charge is 0.224 e. The summed E-state index contributed by atoms with van der Waals surface area (Å²) >= 11 is 0. The molecule has 24 heavy (non-hydrogen) atoms. The lowest BCUT2D eigenvalue weighted by molar-refractivity contribution is -0.123. The minimum absolute atomic E-state index is 0.0220. The predicted molar refractivity (Wildman–Crippen MR) is 92.9 cm³/mol. The molecule has 2 aromatic rings. The average molecular weight is 325 g/mol. The van der Waals surface area contributed by atoms with E-state index in [2.05, 4.69) is 5.32 Å². The zero-order valence-corrected chi connectivity index (χ0v) is 13.8. The molecule has 1 saturated carbocycles. The lowest BCUT2D eigenvalue weighted by Crippen LogP contribution is -2.30. The van der Waals surface area contributed by atoms with E-state index in [-0.39, 0.29) is 30.4 Å². The molecule has 3 atom stereocenters. The number of hydrogen-bond acceptors (Lipinski definition) is 3. The van der Waals surface area contributed by atoms with E-state index in [0.717, 1.165) is 23.3 Å². The molecule has 3 rings (SSSR count). The highest BCUT2D eigenvalue weighted by molar-refractivity contribution is 5.83. The lowest BCUT2D eigenvalue weighted by atomic mass is 10.0. The number of para-hydroxylation sites is 1. The summed E-state index contributed by atoms with van der Waals surface area (Å²) in [5.41, 5.74) is 2.12. The van der Waals surface area contributed by atoms with Crippen LogP contribution in [0.25, 0.3) is 0 Å². The van der Waals surface area contributed by atoms with Crippen molar-refractivity contribution in [2.24, 2.45) is 5.92 Å². The number of rotatable bonds is 7. The van der Waals surface area contributed by atoms with Gasteiger partial charge in [-0.2, -0.15) is 0 Å². The molecule has 126 valence electrons. The van der Waals surface area contributed by atoms with Crippen LogP contribution in [0.2, 0.25) is 0 Å². The molecule has 4 nitrogen and oxygen atoms in total. The van der Waals surface area contributed by atoms with E-state index in [1.165, 1.54) is 0 Å². The first-order valence-corrected chi connectivity index (χ1v) is 8.33. The van der Waals surface area contributed by atoms with Crippen LogP contribution in [0.15, 0.2) is 54.6 Å². The van der Waals surface area contributed by atoms with Gasteiger partial charge in [-0.05, 0) is 36.0 Å². The highest BCUT2D eigenvalue weighted by Gasteiger charge is 2.45. The van der Waals surface area contributed by atoms with Gasteiger partial charge in [0, 0.05) is 12.5 Å². The average Bonchev–Trinajstić information content (AvgIpc) is 3.43. The molecule has 2 aromatic carbocycles. The van der Waals surface area contributed by atoms with E-state index in [1.54, 1.807) is 7.11 Å². The Hall–Kier alpha value is -2.33. The van der Waals surface area contributed by atoms with Gasteiger partial charge in [-0.15, -0.1) is 0 Å². The van der Waals surface area contributed by atoms with E-state index in [1.807, 2.05) is 54.6 Å². The number of hydrogen-bond donors (Lipinski definition) is 2. The summed E-state index contributed by atoms with van der Waals surface area (Å²) < 4.78 is 5.40. The van der Waals surface area contributed by atoms with Crippen molar-refractivity contribution in [2.75, 3.05) is 13.7 Å². The molecule has 0 spiro atoms. The van der Waals surface area contributed by atoms with E-state index < -0.39 is 0 Å². The van der Waals surface area contributed by atoms with Gasteiger partial charge in [0.25, 0.3) is 0 Å². The van der Waals surface area contributed by atoms with Crippen molar-refractivity contribution in [3.05, 3.63) is 65.7 Å². The molecule has 1 fully saturated rings. The summed E-state index contributed by atoms with van der Waals surface area (Å²) in [5, 5.41) is 12.4. The van der Waals surface area contributed by atoms with Crippen molar-refractivity contribution < 1.29 is 14.6 Å². The molecule has 1 aliphatic rings. The van der Waals surface area contributed by atoms with Gasteiger partial charge in [0.2, 0.25) is 5.91 Å². The Labute approximate surface area is 142 Å². The molecule has 0 aliphatic heterocycles. The number of amides is 1. The molecule has 0 bridgehead atoms. The maximum atomic E-state index is 12.6. The second kappa shape index (κ2) is 7.49. The van der Waals surface area contributed by atoms with Crippen LogP contribution in [0.3, 0.4) is 0 Å². The highest BCUT2D eigenvalue weighted by Crippen LogP contribution is 2.50. The second-order valence-electron chi connectivity index (χ2n) is 6.17. The van der Waals surface area contributed by atoms with Crippen LogP contribution in [0.1, 0.15) is 35.9 Å². The maximum Gasteiger partial charge on any atom is 0.224 e. The van der Waals surface area contributed by atoms with Crippen molar-refractivity contribution in [1.29, 1.82) is 0 Å². The van der Waals surface area contributed by atoms with E-state index >= 15 is 0 Å². The molecular weight excluding hydrogens is 302 g/mol. The van der Waals surface area contributed by atoms with Gasteiger partial charge in [-0.3, -0.25) is 4.79 Å². The summed E-state index contributed by atoms with van der Waals surface area (Å²) in [6.07, 6.45) is 1.36. The Morgan fingerprint density at radius 3 is 2.62 bits per heavy atom. The van der Waals surface area contributed by atoms with E-state index in [9.17, 15) is 9.90 Å². The van der Waals surface area contributed by atoms with Crippen LogP contribution in [0, 0.1) is 5.92 Å². The van der Waals surface area contributed by atoms with Gasteiger partial charge >= 0.3 is 0 Å². The van der Waals surface area contributed by atoms with Crippen molar-refractivity contribution in [3.63, 3.8) is 0 Å². The number of aliphatic hydroxyl groups is 1. The largest absolute Gasteiger partial charge is 0.496 e. The minimum Gasteiger partial charge on any atom is -0.496 e. The topological polar surface area (TPSA) is 58.6 Å². The zero-order chi connectivity index (χ0) is 16.9. The lowest BCUT2D eigenvalue weighted by Gasteiger charge is -2.18. The van der Waals surface area contributed by atoms with Crippen LogP contribution in [0.5, 0.6) is 5.75 Å². The molecule has 4 heteroatoms. The standard InChI is InChI=1S/C20H23NO3/c1-24-19-10-6-5-9-15(19)16-13-17(16)20(23)21-18(11-12-22)14-7-3-2-4-8-14/h2-10,16-18,22H,11-13H2,1H3,(H,21,23). The summed E-state index contributed by atoms with van der Waals surface area (Å²) in [5.74, 6) is 1.08. The number of methoxy groups -OCH3 is 1. The fourth-order valence-corrected chi connectivity index (χ4v) is 3.22. The van der Waals surface area contributed by atoms with Crippen molar-refractivity contribution in [1.82, 2.24) is 5.32 Å². The fourth-order valence-electron chi connectivity index (χ4n) is 3.22. The summed E-state index contributed by atoms with van der Waals surface area (Å²) in [6, 6.07) is 17.5. The molecule has 3 unspecified atom stereocenters. The van der Waals surface area contributed by atoms with E-state index in [0.29, 0.717) is 6.42 Å². The van der Waals surface area contributed by atoms with Gasteiger partial charge in [-0.1, -0.05) is 48.5 Å².